The molecule has 0 unspecified atom stereocenters. The number of aromatic nitrogens is 2. The monoisotopic (exact) mass is 345 g/mol. The number of carbonyl (C=O) groups is 1. The normalized spacial score (nSPS) is 15.8. The van der Waals surface area contributed by atoms with Crippen LogP contribution in [0.25, 0.3) is 5.65 Å². The van der Waals surface area contributed by atoms with Gasteiger partial charge in [0.05, 0.1) is 18.9 Å². The Labute approximate surface area is 148 Å². The van der Waals surface area contributed by atoms with Gasteiger partial charge in [0, 0.05) is 32.4 Å². The predicted molar refractivity (Wildman–Crippen MR) is 96.8 cm³/mol. The standard InChI is InChI=1S/C18H27N5O2/c1-21(2)14-15-17(20-16-6-3-4-9-23(15)16)18(24)19-7-5-8-22-10-12-25-13-11-22/h3-4,6,9H,5,7-8,10-14H2,1-2H3,(H,19,24). The molecule has 0 aliphatic carbocycles. The summed E-state index contributed by atoms with van der Waals surface area (Å²) in [5, 5.41) is 3.02. The van der Waals surface area contributed by atoms with Crippen molar-refractivity contribution in [2.24, 2.45) is 0 Å². The Balaban J connectivity index is 1.61. The number of imidazole rings is 1. The van der Waals surface area contributed by atoms with E-state index in [0.717, 1.165) is 50.6 Å². The van der Waals surface area contributed by atoms with Crippen molar-refractivity contribution < 1.29 is 9.53 Å². The number of hydrogen-bond acceptors (Lipinski definition) is 5. The number of nitrogens with one attached hydrogen (secondary N) is 1. The molecule has 3 heterocycles. The van der Waals surface area contributed by atoms with Crippen molar-refractivity contribution in [3.05, 3.63) is 35.8 Å². The summed E-state index contributed by atoms with van der Waals surface area (Å²) in [6.45, 7) is 5.89. The molecule has 25 heavy (non-hydrogen) atoms. The molecule has 0 aromatic carbocycles. The Morgan fingerprint density at radius 2 is 2.12 bits per heavy atom. The van der Waals surface area contributed by atoms with E-state index in [1.807, 2.05) is 47.8 Å². The van der Waals surface area contributed by atoms with Crippen molar-refractivity contribution in [2.45, 2.75) is 13.0 Å². The average molecular weight is 345 g/mol. The van der Waals surface area contributed by atoms with E-state index in [9.17, 15) is 4.79 Å². The fraction of sp³-hybridized carbons (Fsp3) is 0.556. The number of hydrogen-bond donors (Lipinski definition) is 1. The van der Waals surface area contributed by atoms with E-state index in [0.29, 0.717) is 18.8 Å². The van der Waals surface area contributed by atoms with Gasteiger partial charge < -0.3 is 19.4 Å². The maximum Gasteiger partial charge on any atom is 0.271 e. The van der Waals surface area contributed by atoms with Gasteiger partial charge in [0.2, 0.25) is 0 Å². The molecule has 1 saturated heterocycles. The minimum absolute atomic E-state index is 0.0949. The zero-order valence-corrected chi connectivity index (χ0v) is 15.1. The molecule has 0 atom stereocenters. The van der Waals surface area contributed by atoms with Gasteiger partial charge in [-0.15, -0.1) is 0 Å². The highest BCUT2D eigenvalue weighted by Crippen LogP contribution is 2.14. The van der Waals surface area contributed by atoms with Crippen LogP contribution < -0.4 is 5.32 Å². The minimum Gasteiger partial charge on any atom is -0.379 e. The molecule has 7 nitrogen and oxygen atoms in total. The van der Waals surface area contributed by atoms with Gasteiger partial charge in [-0.05, 0) is 39.2 Å². The van der Waals surface area contributed by atoms with E-state index in [1.165, 1.54) is 0 Å². The molecule has 1 amide bonds. The van der Waals surface area contributed by atoms with Crippen molar-refractivity contribution >= 4 is 11.6 Å². The van der Waals surface area contributed by atoms with Crippen molar-refractivity contribution in [2.75, 3.05) is 53.5 Å². The van der Waals surface area contributed by atoms with Gasteiger partial charge in [-0.1, -0.05) is 6.07 Å². The number of morpholine rings is 1. The first-order valence-electron chi connectivity index (χ1n) is 8.84. The van der Waals surface area contributed by atoms with Crippen molar-refractivity contribution in [3.8, 4) is 0 Å². The van der Waals surface area contributed by atoms with E-state index in [4.69, 9.17) is 4.74 Å². The zero-order valence-electron chi connectivity index (χ0n) is 15.1. The maximum atomic E-state index is 12.6. The second-order valence-electron chi connectivity index (χ2n) is 6.64. The number of fused-ring (bicyclic) bond motifs is 1. The molecule has 3 rings (SSSR count). The largest absolute Gasteiger partial charge is 0.379 e. The van der Waals surface area contributed by atoms with Gasteiger partial charge in [-0.3, -0.25) is 9.69 Å². The molecule has 0 radical (unpaired) electrons. The molecule has 0 bridgehead atoms. The van der Waals surface area contributed by atoms with Crippen LogP contribution in [0.1, 0.15) is 22.6 Å². The van der Waals surface area contributed by atoms with E-state index >= 15 is 0 Å². The number of pyridine rings is 1. The Hall–Kier alpha value is -1.96. The Bertz CT molecular complexity index is 707. The summed E-state index contributed by atoms with van der Waals surface area (Å²) in [5.74, 6) is -0.0949. The highest BCUT2D eigenvalue weighted by molar-refractivity contribution is 5.94. The molecule has 136 valence electrons. The van der Waals surface area contributed by atoms with E-state index in [-0.39, 0.29) is 5.91 Å². The minimum atomic E-state index is -0.0949. The highest BCUT2D eigenvalue weighted by Gasteiger charge is 2.19. The number of rotatable bonds is 7. The van der Waals surface area contributed by atoms with Crippen LogP contribution in [0.2, 0.25) is 0 Å². The first-order valence-corrected chi connectivity index (χ1v) is 8.84. The molecular weight excluding hydrogens is 318 g/mol. The Morgan fingerprint density at radius 3 is 2.88 bits per heavy atom. The summed E-state index contributed by atoms with van der Waals surface area (Å²) in [6.07, 6.45) is 2.89. The summed E-state index contributed by atoms with van der Waals surface area (Å²) >= 11 is 0. The van der Waals surface area contributed by atoms with Crippen molar-refractivity contribution in [1.82, 2.24) is 24.5 Å². The second-order valence-corrected chi connectivity index (χ2v) is 6.64. The Morgan fingerprint density at radius 1 is 1.32 bits per heavy atom. The number of amides is 1. The van der Waals surface area contributed by atoms with Crippen LogP contribution in [0.4, 0.5) is 0 Å². The molecule has 0 saturated carbocycles. The fourth-order valence-corrected chi connectivity index (χ4v) is 3.09. The predicted octanol–water partition coefficient (Wildman–Crippen LogP) is 0.848. The molecule has 1 aliphatic rings. The van der Waals surface area contributed by atoms with Crippen LogP contribution in [0.15, 0.2) is 24.4 Å². The van der Waals surface area contributed by atoms with Crippen LogP contribution in [0.5, 0.6) is 0 Å². The van der Waals surface area contributed by atoms with E-state index < -0.39 is 0 Å². The SMILES string of the molecule is CN(C)Cc1c(C(=O)NCCCN2CCOCC2)nc2ccccn12. The summed E-state index contributed by atoms with van der Waals surface area (Å²) in [6, 6.07) is 5.82. The molecule has 1 N–H and O–H groups in total. The van der Waals surface area contributed by atoms with Gasteiger partial charge in [0.15, 0.2) is 5.69 Å². The van der Waals surface area contributed by atoms with Gasteiger partial charge in [-0.2, -0.15) is 0 Å². The van der Waals surface area contributed by atoms with Gasteiger partial charge in [0.1, 0.15) is 5.65 Å². The lowest BCUT2D eigenvalue weighted by Crippen LogP contribution is -2.38. The number of nitrogens with zero attached hydrogens (tertiary/aromatic N) is 4. The van der Waals surface area contributed by atoms with Gasteiger partial charge >= 0.3 is 0 Å². The van der Waals surface area contributed by atoms with Gasteiger partial charge in [0.25, 0.3) is 5.91 Å². The third-order valence-electron chi connectivity index (χ3n) is 4.35. The lowest BCUT2D eigenvalue weighted by molar-refractivity contribution is 0.0374. The topological polar surface area (TPSA) is 62.1 Å². The smallest absolute Gasteiger partial charge is 0.271 e. The number of carbonyl (C=O) groups excluding carboxylic acids is 1. The molecule has 1 aliphatic heterocycles. The molecule has 7 heteroatoms. The highest BCUT2D eigenvalue weighted by atomic mass is 16.5. The lowest BCUT2D eigenvalue weighted by Gasteiger charge is -2.26. The maximum absolute atomic E-state index is 12.6. The van der Waals surface area contributed by atoms with Crippen LogP contribution in [0, 0.1) is 0 Å². The van der Waals surface area contributed by atoms with Crippen LogP contribution in [-0.2, 0) is 11.3 Å². The zero-order chi connectivity index (χ0) is 17.6. The molecular formula is C18H27N5O2. The van der Waals surface area contributed by atoms with Crippen molar-refractivity contribution in [3.63, 3.8) is 0 Å². The average Bonchev–Trinajstić information content (AvgIpc) is 2.98. The quantitative estimate of drug-likeness (QED) is 0.754. The van der Waals surface area contributed by atoms with Crippen LogP contribution in [0.3, 0.4) is 0 Å². The first-order chi connectivity index (χ1) is 12.1. The summed E-state index contributed by atoms with van der Waals surface area (Å²) < 4.78 is 7.34. The molecule has 0 spiro atoms. The Kier molecular flexibility index (Phi) is 6.01. The molecule has 1 fully saturated rings. The first kappa shape index (κ1) is 17.8. The fourth-order valence-electron chi connectivity index (χ4n) is 3.09. The second kappa shape index (κ2) is 8.42. The van der Waals surface area contributed by atoms with Gasteiger partial charge in [-0.25, -0.2) is 4.98 Å². The van der Waals surface area contributed by atoms with Crippen LogP contribution in [-0.4, -0.2) is 78.6 Å². The van der Waals surface area contributed by atoms with E-state index in [2.05, 4.69) is 15.2 Å². The summed E-state index contributed by atoms with van der Waals surface area (Å²) in [4.78, 5) is 21.6. The van der Waals surface area contributed by atoms with Crippen molar-refractivity contribution in [1.29, 1.82) is 0 Å². The third kappa shape index (κ3) is 4.56. The van der Waals surface area contributed by atoms with E-state index in [1.54, 1.807) is 0 Å². The third-order valence-corrected chi connectivity index (χ3v) is 4.35. The van der Waals surface area contributed by atoms with Crippen LogP contribution >= 0.6 is 0 Å². The summed E-state index contributed by atoms with van der Waals surface area (Å²) in [5.41, 5.74) is 2.25. The lowest BCUT2D eigenvalue weighted by atomic mass is 10.2. The summed E-state index contributed by atoms with van der Waals surface area (Å²) in [7, 11) is 3.98. The molecule has 2 aromatic rings. The molecule has 2 aromatic heterocycles. The number of ether oxygens (including phenoxy) is 1.